The number of pyridine rings is 1. The molecule has 2 aromatic rings. The Morgan fingerprint density at radius 1 is 1.00 bits per heavy atom. The molecule has 1 aromatic heterocycles. The zero-order chi connectivity index (χ0) is 17.8. The second kappa shape index (κ2) is 7.85. The Balaban J connectivity index is 1.34. The number of carbonyl (C=O) groups is 1. The van der Waals surface area contributed by atoms with E-state index >= 15 is 0 Å². The zero-order valence-electron chi connectivity index (χ0n) is 14.4. The first kappa shape index (κ1) is 17.0. The zero-order valence-corrected chi connectivity index (χ0v) is 15.2. The fourth-order valence-electron chi connectivity index (χ4n) is 3.07. The minimum Gasteiger partial charge on any atom is -0.348 e. The van der Waals surface area contributed by atoms with Gasteiger partial charge in [0, 0.05) is 38.9 Å². The molecule has 1 aromatic carbocycles. The fraction of sp³-hybridized carbons (Fsp3) is 0.250. The lowest BCUT2D eigenvalue weighted by Gasteiger charge is -2.35. The summed E-state index contributed by atoms with van der Waals surface area (Å²) in [4.78, 5) is 26.0. The molecule has 0 spiro atoms. The molecule has 6 heteroatoms. The highest BCUT2D eigenvalue weighted by Crippen LogP contribution is 2.30. The number of carbonyl (C=O) groups excluding carboxylic acids is 1. The van der Waals surface area contributed by atoms with E-state index in [0.717, 1.165) is 43.6 Å². The lowest BCUT2D eigenvalue weighted by Crippen LogP contribution is -2.47. The number of benzene rings is 1. The van der Waals surface area contributed by atoms with Gasteiger partial charge in [-0.15, -0.1) is 0 Å². The number of amides is 1. The number of aliphatic imine (C=N–C) groups is 1. The van der Waals surface area contributed by atoms with Crippen molar-refractivity contribution in [3.05, 3.63) is 70.9 Å². The standard InChI is InChI=1S/C20H20N4OS/c25-19-18(14-17-8-4-5-9-21-17)26-20(22-19)24-12-10-23(11-13-24)15-16-6-2-1-3-7-16/h1-9,14H,10-13,15H2/b18-14+. The molecule has 1 saturated heterocycles. The second-order valence-electron chi connectivity index (χ2n) is 6.31. The Bertz CT molecular complexity index is 827. The molecule has 26 heavy (non-hydrogen) atoms. The SMILES string of the molecule is O=C1N=C(N2CCN(Cc3ccccc3)CC2)S/C1=C/c1ccccn1. The maximum atomic E-state index is 12.2. The molecule has 2 aliphatic heterocycles. The molecular weight excluding hydrogens is 344 g/mol. The van der Waals surface area contributed by atoms with Crippen LogP contribution < -0.4 is 0 Å². The number of aromatic nitrogens is 1. The van der Waals surface area contributed by atoms with Crippen molar-refractivity contribution in [2.75, 3.05) is 26.2 Å². The number of rotatable bonds is 3. The smallest absolute Gasteiger partial charge is 0.286 e. The molecule has 0 unspecified atom stereocenters. The summed E-state index contributed by atoms with van der Waals surface area (Å²) in [7, 11) is 0. The Kier molecular flexibility index (Phi) is 5.13. The van der Waals surface area contributed by atoms with E-state index in [2.05, 4.69) is 44.0 Å². The molecule has 0 N–H and O–H groups in total. The van der Waals surface area contributed by atoms with Crippen molar-refractivity contribution in [1.82, 2.24) is 14.8 Å². The van der Waals surface area contributed by atoms with Crippen molar-refractivity contribution in [3.63, 3.8) is 0 Å². The van der Waals surface area contributed by atoms with Gasteiger partial charge in [-0.25, -0.2) is 0 Å². The first-order chi connectivity index (χ1) is 12.8. The average Bonchev–Trinajstić information content (AvgIpc) is 3.04. The van der Waals surface area contributed by atoms with Crippen LogP contribution in [-0.2, 0) is 11.3 Å². The molecule has 1 amide bonds. The van der Waals surface area contributed by atoms with Gasteiger partial charge in [0.2, 0.25) is 0 Å². The van der Waals surface area contributed by atoms with E-state index in [9.17, 15) is 4.79 Å². The molecule has 0 bridgehead atoms. The van der Waals surface area contributed by atoms with Gasteiger partial charge in [0.15, 0.2) is 5.17 Å². The third kappa shape index (κ3) is 4.03. The van der Waals surface area contributed by atoms with Gasteiger partial charge in [-0.1, -0.05) is 36.4 Å². The van der Waals surface area contributed by atoms with E-state index in [1.165, 1.54) is 17.3 Å². The highest BCUT2D eigenvalue weighted by molar-refractivity contribution is 8.18. The topological polar surface area (TPSA) is 48.8 Å². The molecule has 0 radical (unpaired) electrons. The molecule has 0 atom stereocenters. The summed E-state index contributed by atoms with van der Waals surface area (Å²) in [5, 5.41) is 0.816. The van der Waals surface area contributed by atoms with E-state index < -0.39 is 0 Å². The number of nitrogens with zero attached hydrogens (tertiary/aromatic N) is 4. The highest BCUT2D eigenvalue weighted by atomic mass is 32.2. The highest BCUT2D eigenvalue weighted by Gasteiger charge is 2.28. The van der Waals surface area contributed by atoms with Crippen LogP contribution >= 0.6 is 11.8 Å². The Morgan fingerprint density at radius 3 is 2.50 bits per heavy atom. The largest absolute Gasteiger partial charge is 0.348 e. The molecule has 5 nitrogen and oxygen atoms in total. The molecular formula is C20H20N4OS. The number of amidine groups is 1. The third-order valence-electron chi connectivity index (χ3n) is 4.47. The van der Waals surface area contributed by atoms with Crippen LogP contribution in [0.15, 0.2) is 64.6 Å². The summed E-state index contributed by atoms with van der Waals surface area (Å²) >= 11 is 1.45. The molecule has 1 fully saturated rings. The predicted molar refractivity (Wildman–Crippen MR) is 106 cm³/mol. The summed E-state index contributed by atoms with van der Waals surface area (Å²) < 4.78 is 0. The van der Waals surface area contributed by atoms with Gasteiger partial charge in [0.1, 0.15) is 0 Å². The monoisotopic (exact) mass is 364 g/mol. The van der Waals surface area contributed by atoms with E-state index in [4.69, 9.17) is 0 Å². The Labute approximate surface area is 157 Å². The van der Waals surface area contributed by atoms with Crippen LogP contribution in [0.4, 0.5) is 0 Å². The lowest BCUT2D eigenvalue weighted by molar-refractivity contribution is -0.113. The quantitative estimate of drug-likeness (QED) is 0.784. The number of piperazine rings is 1. The summed E-state index contributed by atoms with van der Waals surface area (Å²) in [6.45, 7) is 4.70. The molecule has 0 saturated carbocycles. The summed E-state index contributed by atoms with van der Waals surface area (Å²) in [5.41, 5.74) is 2.12. The summed E-state index contributed by atoms with van der Waals surface area (Å²) in [5.74, 6) is -0.164. The van der Waals surface area contributed by atoms with Crippen molar-refractivity contribution < 1.29 is 4.79 Å². The van der Waals surface area contributed by atoms with Crippen LogP contribution in [0.3, 0.4) is 0 Å². The second-order valence-corrected chi connectivity index (χ2v) is 7.32. The Morgan fingerprint density at radius 2 is 1.77 bits per heavy atom. The van der Waals surface area contributed by atoms with Gasteiger partial charge in [0.25, 0.3) is 5.91 Å². The minimum atomic E-state index is -0.164. The van der Waals surface area contributed by atoms with Crippen molar-refractivity contribution in [3.8, 4) is 0 Å². The first-order valence-corrected chi connectivity index (χ1v) is 9.54. The first-order valence-electron chi connectivity index (χ1n) is 8.73. The van der Waals surface area contributed by atoms with Crippen LogP contribution in [0.2, 0.25) is 0 Å². The molecule has 132 valence electrons. The van der Waals surface area contributed by atoms with Crippen LogP contribution in [0.5, 0.6) is 0 Å². The molecule has 3 heterocycles. The third-order valence-corrected chi connectivity index (χ3v) is 5.51. The summed E-state index contributed by atoms with van der Waals surface area (Å²) in [6.07, 6.45) is 3.54. The average molecular weight is 364 g/mol. The molecule has 2 aliphatic rings. The van der Waals surface area contributed by atoms with Gasteiger partial charge < -0.3 is 4.90 Å². The summed E-state index contributed by atoms with van der Waals surface area (Å²) in [6, 6.07) is 16.2. The minimum absolute atomic E-state index is 0.164. The van der Waals surface area contributed by atoms with E-state index in [1.807, 2.05) is 30.3 Å². The van der Waals surface area contributed by atoms with Crippen LogP contribution in [0.1, 0.15) is 11.3 Å². The van der Waals surface area contributed by atoms with Crippen LogP contribution in [-0.4, -0.2) is 52.0 Å². The van der Waals surface area contributed by atoms with Gasteiger partial charge in [-0.3, -0.25) is 14.7 Å². The van der Waals surface area contributed by atoms with Gasteiger partial charge in [-0.05, 0) is 35.5 Å². The van der Waals surface area contributed by atoms with Gasteiger partial charge >= 0.3 is 0 Å². The number of thioether (sulfide) groups is 1. The van der Waals surface area contributed by atoms with E-state index in [-0.39, 0.29) is 5.91 Å². The van der Waals surface area contributed by atoms with Crippen LogP contribution in [0, 0.1) is 0 Å². The maximum absolute atomic E-state index is 12.2. The lowest BCUT2D eigenvalue weighted by atomic mass is 10.2. The van der Waals surface area contributed by atoms with Crippen molar-refractivity contribution in [2.24, 2.45) is 4.99 Å². The van der Waals surface area contributed by atoms with Gasteiger partial charge in [-0.2, -0.15) is 4.99 Å². The van der Waals surface area contributed by atoms with Crippen LogP contribution in [0.25, 0.3) is 6.08 Å². The fourth-order valence-corrected chi connectivity index (χ4v) is 4.02. The number of hydrogen-bond donors (Lipinski definition) is 0. The van der Waals surface area contributed by atoms with E-state index in [0.29, 0.717) is 4.91 Å². The normalized spacial score (nSPS) is 19.8. The van der Waals surface area contributed by atoms with Crippen molar-refractivity contribution >= 4 is 28.9 Å². The molecule has 0 aliphatic carbocycles. The maximum Gasteiger partial charge on any atom is 0.286 e. The molecule has 4 rings (SSSR count). The van der Waals surface area contributed by atoms with Crippen molar-refractivity contribution in [2.45, 2.75) is 6.54 Å². The van der Waals surface area contributed by atoms with E-state index in [1.54, 1.807) is 6.20 Å². The Hall–Kier alpha value is -2.44. The van der Waals surface area contributed by atoms with Gasteiger partial charge in [0.05, 0.1) is 10.6 Å². The number of hydrogen-bond acceptors (Lipinski definition) is 5. The van der Waals surface area contributed by atoms with Crippen molar-refractivity contribution in [1.29, 1.82) is 0 Å². The predicted octanol–water partition coefficient (Wildman–Crippen LogP) is 2.87.